The molecule has 2 aromatic rings. The Morgan fingerprint density at radius 2 is 1.66 bits per heavy atom. The molecule has 1 amide bonds. The van der Waals surface area contributed by atoms with Crippen LogP contribution in [0, 0.1) is 16.7 Å². The SMILES string of the molecule is CN1C(=O)[C@]2(C(C#N)=C(N)N(c3ccccc3)C3=C2C(=O)CC(C)(C)C3)c2ccccc21. The van der Waals surface area contributed by atoms with Gasteiger partial charge in [-0.05, 0) is 30.0 Å². The molecule has 6 nitrogen and oxygen atoms in total. The Kier molecular flexibility index (Phi) is 4.12. The van der Waals surface area contributed by atoms with E-state index in [1.54, 1.807) is 11.9 Å². The third-order valence-electron chi connectivity index (χ3n) is 6.79. The summed E-state index contributed by atoms with van der Waals surface area (Å²) in [7, 11) is 1.68. The summed E-state index contributed by atoms with van der Waals surface area (Å²) in [4.78, 5) is 31.1. The molecule has 0 saturated heterocycles. The molecule has 2 heterocycles. The molecule has 0 radical (unpaired) electrons. The van der Waals surface area contributed by atoms with E-state index in [9.17, 15) is 14.9 Å². The average Bonchev–Trinajstić information content (AvgIpc) is 2.97. The van der Waals surface area contributed by atoms with Crippen LogP contribution in [0.25, 0.3) is 0 Å². The van der Waals surface area contributed by atoms with E-state index in [1.807, 2.05) is 68.4 Å². The number of ketones is 1. The molecule has 0 saturated carbocycles. The van der Waals surface area contributed by atoms with E-state index in [2.05, 4.69) is 6.07 Å². The van der Waals surface area contributed by atoms with Crippen LogP contribution in [0.15, 0.2) is 77.3 Å². The van der Waals surface area contributed by atoms with Crippen LogP contribution in [0.5, 0.6) is 0 Å². The van der Waals surface area contributed by atoms with Crippen molar-refractivity contribution in [2.75, 3.05) is 16.8 Å². The highest BCUT2D eigenvalue weighted by Gasteiger charge is 2.62. The first kappa shape index (κ1) is 20.1. The minimum Gasteiger partial charge on any atom is -0.384 e. The molecule has 32 heavy (non-hydrogen) atoms. The van der Waals surface area contributed by atoms with Crippen molar-refractivity contribution in [1.82, 2.24) is 0 Å². The van der Waals surface area contributed by atoms with Gasteiger partial charge in [-0.1, -0.05) is 50.2 Å². The molecular formula is C26H24N4O2. The number of nitriles is 1. The van der Waals surface area contributed by atoms with E-state index in [0.717, 1.165) is 5.69 Å². The molecule has 6 heteroatoms. The molecule has 1 atom stereocenters. The van der Waals surface area contributed by atoms with Crippen molar-refractivity contribution < 1.29 is 9.59 Å². The van der Waals surface area contributed by atoms with Gasteiger partial charge < -0.3 is 10.6 Å². The highest BCUT2D eigenvalue weighted by molar-refractivity contribution is 6.20. The molecule has 2 aromatic carbocycles. The number of hydrogen-bond donors (Lipinski definition) is 1. The number of benzene rings is 2. The normalized spacial score (nSPS) is 24.1. The van der Waals surface area contributed by atoms with Crippen molar-refractivity contribution in [2.24, 2.45) is 11.1 Å². The number of anilines is 2. The second kappa shape index (κ2) is 6.57. The van der Waals surface area contributed by atoms with Gasteiger partial charge in [0.05, 0.1) is 5.57 Å². The van der Waals surface area contributed by atoms with Crippen LogP contribution >= 0.6 is 0 Å². The zero-order valence-corrected chi connectivity index (χ0v) is 18.3. The molecule has 0 bridgehead atoms. The van der Waals surface area contributed by atoms with Crippen LogP contribution in [0.4, 0.5) is 11.4 Å². The maximum atomic E-state index is 13.9. The first-order valence-electron chi connectivity index (χ1n) is 10.6. The maximum absolute atomic E-state index is 13.9. The Balaban J connectivity index is 1.93. The third kappa shape index (κ3) is 2.39. The van der Waals surface area contributed by atoms with Crippen molar-refractivity contribution in [3.8, 4) is 6.07 Å². The van der Waals surface area contributed by atoms with Crippen molar-refractivity contribution in [2.45, 2.75) is 32.1 Å². The molecule has 1 spiro atoms. The minimum atomic E-state index is -1.52. The van der Waals surface area contributed by atoms with Crippen molar-refractivity contribution in [3.05, 3.63) is 82.8 Å². The summed E-state index contributed by atoms with van der Waals surface area (Å²) >= 11 is 0. The number of fused-ring (bicyclic) bond motifs is 3. The number of likely N-dealkylation sites (N-methyl/N-ethyl adjacent to an activating group) is 1. The summed E-state index contributed by atoms with van der Waals surface area (Å²) in [6.45, 7) is 4.08. The molecule has 0 unspecified atom stereocenters. The summed E-state index contributed by atoms with van der Waals surface area (Å²) in [5.41, 5.74) is 8.16. The van der Waals surface area contributed by atoms with Gasteiger partial charge in [-0.3, -0.25) is 14.5 Å². The smallest absolute Gasteiger partial charge is 0.247 e. The number of Topliss-reactive ketones (excluding diaryl/α,β-unsaturated/α-hetero) is 1. The van der Waals surface area contributed by atoms with Gasteiger partial charge in [-0.15, -0.1) is 0 Å². The summed E-state index contributed by atoms with van der Waals surface area (Å²) in [6, 6.07) is 19.1. The van der Waals surface area contributed by atoms with Gasteiger partial charge in [-0.25, -0.2) is 0 Å². The quantitative estimate of drug-likeness (QED) is 0.753. The van der Waals surface area contributed by atoms with Gasteiger partial charge in [0.15, 0.2) is 5.78 Å². The number of para-hydroxylation sites is 2. The third-order valence-corrected chi connectivity index (χ3v) is 6.79. The molecule has 1 aliphatic carbocycles. The van der Waals surface area contributed by atoms with Gasteiger partial charge >= 0.3 is 0 Å². The molecule has 160 valence electrons. The van der Waals surface area contributed by atoms with E-state index in [0.29, 0.717) is 35.4 Å². The molecule has 0 aromatic heterocycles. The van der Waals surface area contributed by atoms with Gasteiger partial charge in [0.25, 0.3) is 0 Å². The van der Waals surface area contributed by atoms with E-state index in [1.165, 1.54) is 4.90 Å². The van der Waals surface area contributed by atoms with Crippen LogP contribution in [0.2, 0.25) is 0 Å². The number of rotatable bonds is 1. The zero-order valence-electron chi connectivity index (χ0n) is 18.3. The van der Waals surface area contributed by atoms with Gasteiger partial charge in [-0.2, -0.15) is 5.26 Å². The summed E-state index contributed by atoms with van der Waals surface area (Å²) < 4.78 is 0. The van der Waals surface area contributed by atoms with Gasteiger partial charge in [0.1, 0.15) is 17.3 Å². The Morgan fingerprint density at radius 3 is 2.34 bits per heavy atom. The first-order chi connectivity index (χ1) is 15.2. The van der Waals surface area contributed by atoms with Crippen LogP contribution < -0.4 is 15.5 Å². The van der Waals surface area contributed by atoms with Crippen LogP contribution in [0.1, 0.15) is 32.3 Å². The van der Waals surface area contributed by atoms with Crippen LogP contribution in [0.3, 0.4) is 0 Å². The van der Waals surface area contributed by atoms with Crippen LogP contribution in [-0.4, -0.2) is 18.7 Å². The monoisotopic (exact) mass is 424 g/mol. The number of nitrogens with two attached hydrogens (primary N) is 1. The fourth-order valence-corrected chi connectivity index (χ4v) is 5.53. The van der Waals surface area contributed by atoms with Crippen molar-refractivity contribution >= 4 is 23.1 Å². The van der Waals surface area contributed by atoms with E-state index >= 15 is 0 Å². The Bertz CT molecular complexity index is 1280. The predicted molar refractivity (Wildman–Crippen MR) is 122 cm³/mol. The fraction of sp³-hybridized carbons (Fsp3) is 0.269. The number of hydrogen-bond acceptors (Lipinski definition) is 5. The largest absolute Gasteiger partial charge is 0.384 e. The lowest BCUT2D eigenvalue weighted by Gasteiger charge is -2.46. The van der Waals surface area contributed by atoms with E-state index in [-0.39, 0.29) is 28.5 Å². The number of amides is 1. The Labute approximate surface area is 187 Å². The molecule has 3 aliphatic rings. The number of carbonyl (C=O) groups is 2. The number of allylic oxidation sites excluding steroid dienone is 1. The van der Waals surface area contributed by atoms with Crippen molar-refractivity contribution in [1.29, 1.82) is 5.26 Å². The van der Waals surface area contributed by atoms with Crippen LogP contribution in [-0.2, 0) is 15.0 Å². The van der Waals surface area contributed by atoms with E-state index < -0.39 is 5.41 Å². The zero-order chi connectivity index (χ0) is 22.8. The van der Waals surface area contributed by atoms with Gasteiger partial charge in [0, 0.05) is 41.7 Å². The lowest BCUT2D eigenvalue weighted by Crippen LogP contribution is -2.53. The molecule has 0 fully saturated rings. The fourth-order valence-electron chi connectivity index (χ4n) is 5.53. The molecule has 5 rings (SSSR count). The number of carbonyl (C=O) groups excluding carboxylic acids is 2. The lowest BCUT2D eigenvalue weighted by molar-refractivity contribution is -0.124. The molecular weight excluding hydrogens is 400 g/mol. The van der Waals surface area contributed by atoms with Gasteiger partial charge in [0.2, 0.25) is 5.91 Å². The topological polar surface area (TPSA) is 90.4 Å². The second-order valence-corrected chi connectivity index (χ2v) is 9.44. The highest BCUT2D eigenvalue weighted by atomic mass is 16.2. The predicted octanol–water partition coefficient (Wildman–Crippen LogP) is 3.76. The summed E-state index contributed by atoms with van der Waals surface area (Å²) in [5.74, 6) is -0.233. The Morgan fingerprint density at radius 1 is 1.00 bits per heavy atom. The summed E-state index contributed by atoms with van der Waals surface area (Å²) in [5, 5.41) is 10.3. The second-order valence-electron chi connectivity index (χ2n) is 9.44. The summed E-state index contributed by atoms with van der Waals surface area (Å²) in [6.07, 6.45) is 0.858. The number of nitrogens with zero attached hydrogens (tertiary/aromatic N) is 3. The van der Waals surface area contributed by atoms with Crippen molar-refractivity contribution in [3.63, 3.8) is 0 Å². The average molecular weight is 425 g/mol. The molecule has 2 aliphatic heterocycles. The Hall–Kier alpha value is -3.85. The maximum Gasteiger partial charge on any atom is 0.247 e. The molecule has 2 N–H and O–H groups in total. The highest BCUT2D eigenvalue weighted by Crippen LogP contribution is 2.58. The minimum absolute atomic E-state index is 0.106. The van der Waals surface area contributed by atoms with E-state index in [4.69, 9.17) is 5.73 Å². The standard InChI is InChI=1S/C26H24N4O2/c1-25(2)13-20-22(21(31)14-25)26(17-11-7-8-12-19(17)29(3)24(26)32)18(15-27)23(28)30(20)16-9-5-4-6-10-16/h4-12H,13-14,28H2,1-3H3/t26-/m0/s1. The first-order valence-corrected chi connectivity index (χ1v) is 10.6. The lowest BCUT2D eigenvalue weighted by atomic mass is 9.60.